The van der Waals surface area contributed by atoms with Crippen LogP contribution in [0, 0.1) is 5.41 Å². The normalized spacial score (nSPS) is 13.2. The minimum Gasteiger partial charge on any atom is -0.300 e. The molecule has 0 fully saturated rings. The second-order valence-electron chi connectivity index (χ2n) is 15.9. The number of nitrogens with zero attached hydrogens (tertiary/aromatic N) is 1. The molecule has 0 heterocycles. The summed E-state index contributed by atoms with van der Waals surface area (Å²) in [6.45, 7) is 4.74. The Morgan fingerprint density at radius 3 is 1.86 bits per heavy atom. The van der Waals surface area contributed by atoms with Crippen molar-refractivity contribution < 1.29 is 0 Å². The number of allylic oxidation sites excluding steroid dienone is 1. The summed E-state index contributed by atoms with van der Waals surface area (Å²) < 4.78 is 0. The molecule has 0 bridgehead atoms. The molecule has 59 heavy (non-hydrogen) atoms. The van der Waals surface area contributed by atoms with Gasteiger partial charge in [-0.05, 0) is 94.9 Å². The number of benzene rings is 9. The van der Waals surface area contributed by atoms with Gasteiger partial charge in [-0.3, -0.25) is 4.99 Å². The molecular formula is C57H42N2. The first-order valence-corrected chi connectivity index (χ1v) is 20.3. The Kier molecular flexibility index (Phi) is 9.03. The maximum Gasteiger partial charge on any atom is 0.0723 e. The largest absolute Gasteiger partial charge is 0.300 e. The molecular weight excluding hydrogens is 713 g/mol. The van der Waals surface area contributed by atoms with Gasteiger partial charge in [-0.15, -0.1) is 0 Å². The molecule has 0 amide bonds. The van der Waals surface area contributed by atoms with Gasteiger partial charge in [0.2, 0.25) is 0 Å². The first-order valence-electron chi connectivity index (χ1n) is 20.3. The van der Waals surface area contributed by atoms with Gasteiger partial charge in [-0.25, -0.2) is 0 Å². The molecule has 0 saturated carbocycles. The smallest absolute Gasteiger partial charge is 0.0723 e. The Bertz CT molecular complexity index is 3110. The van der Waals surface area contributed by atoms with Crippen LogP contribution < -0.4 is 0 Å². The molecule has 1 aliphatic rings. The average molecular weight is 755 g/mol. The SMILES string of the molecule is CC1(C)c2cccc(-c3cccc(-c4ccc(C=N/C(=C\C(=N)c5ccccc5)c5ccc(-c6ccccc6)cc5)c5ccccc45)c3)c2-c2ccc3ccccc3c21. The molecule has 2 heteroatoms. The fourth-order valence-corrected chi connectivity index (χ4v) is 9.07. The standard InChI is InChI=1S/C57H42N2/c1-57(2)52-26-14-25-48(55(52)51-34-31-40-17-9-10-23-49(40)56(51)57)44-21-13-20-43(35-44)47-33-32-45(46-22-11-12-24-50(46)47)37-59-54(36-53(58)41-18-7-4-8-19-41)42-29-27-39(28-30-42)38-15-5-3-6-16-38/h3-37,58H,1-2H3/b54-36-,58-53?,59-37?. The summed E-state index contributed by atoms with van der Waals surface area (Å²) in [6, 6.07) is 70.9. The molecule has 280 valence electrons. The minimum absolute atomic E-state index is 0.116. The molecule has 0 spiro atoms. The predicted octanol–water partition coefficient (Wildman–Crippen LogP) is 14.8. The van der Waals surface area contributed by atoms with E-state index in [1.54, 1.807) is 0 Å². The van der Waals surface area contributed by atoms with E-state index < -0.39 is 0 Å². The van der Waals surface area contributed by atoms with Gasteiger partial charge in [-0.1, -0.05) is 208 Å². The zero-order chi connectivity index (χ0) is 39.9. The Morgan fingerprint density at radius 2 is 1.08 bits per heavy atom. The van der Waals surface area contributed by atoms with Crippen molar-refractivity contribution in [3.05, 3.63) is 234 Å². The van der Waals surface area contributed by atoms with E-state index in [-0.39, 0.29) is 5.41 Å². The fraction of sp³-hybridized carbons (Fsp3) is 0.0526. The van der Waals surface area contributed by atoms with Crippen molar-refractivity contribution in [2.75, 3.05) is 0 Å². The number of aliphatic imine (C=N–C) groups is 1. The molecule has 10 rings (SSSR count). The van der Waals surface area contributed by atoms with Crippen LogP contribution in [0.25, 0.3) is 71.7 Å². The molecule has 1 aliphatic carbocycles. The van der Waals surface area contributed by atoms with E-state index in [1.807, 2.05) is 48.7 Å². The van der Waals surface area contributed by atoms with Crippen LogP contribution in [0.5, 0.6) is 0 Å². The van der Waals surface area contributed by atoms with Gasteiger partial charge in [0.1, 0.15) is 0 Å². The van der Waals surface area contributed by atoms with E-state index in [0.29, 0.717) is 5.71 Å². The van der Waals surface area contributed by atoms with Crippen molar-refractivity contribution in [1.82, 2.24) is 0 Å². The highest BCUT2D eigenvalue weighted by molar-refractivity contribution is 6.12. The molecule has 9 aromatic rings. The predicted molar refractivity (Wildman–Crippen MR) is 251 cm³/mol. The van der Waals surface area contributed by atoms with Gasteiger partial charge in [0, 0.05) is 22.8 Å². The number of hydrogen-bond donors (Lipinski definition) is 1. The lowest BCUT2D eigenvalue weighted by molar-refractivity contribution is 0.666. The average Bonchev–Trinajstić information content (AvgIpc) is 3.54. The van der Waals surface area contributed by atoms with Crippen LogP contribution in [-0.4, -0.2) is 11.9 Å². The van der Waals surface area contributed by atoms with Gasteiger partial charge in [-0.2, -0.15) is 0 Å². The van der Waals surface area contributed by atoms with Crippen LogP contribution in [0.1, 0.15) is 41.7 Å². The minimum atomic E-state index is -0.116. The van der Waals surface area contributed by atoms with Gasteiger partial charge in [0.05, 0.1) is 11.4 Å². The number of rotatable bonds is 8. The Morgan fingerprint density at radius 1 is 0.475 bits per heavy atom. The summed E-state index contributed by atoms with van der Waals surface area (Å²) in [5, 5.41) is 13.9. The fourth-order valence-electron chi connectivity index (χ4n) is 9.07. The quantitative estimate of drug-likeness (QED) is 0.150. The van der Waals surface area contributed by atoms with Crippen LogP contribution in [0.3, 0.4) is 0 Å². The highest BCUT2D eigenvalue weighted by Crippen LogP contribution is 2.54. The van der Waals surface area contributed by atoms with Gasteiger partial charge in [0.15, 0.2) is 0 Å². The van der Waals surface area contributed by atoms with Crippen LogP contribution in [0.15, 0.2) is 211 Å². The van der Waals surface area contributed by atoms with E-state index in [2.05, 4.69) is 178 Å². The highest BCUT2D eigenvalue weighted by Gasteiger charge is 2.38. The van der Waals surface area contributed by atoms with Crippen molar-refractivity contribution in [2.24, 2.45) is 4.99 Å². The maximum atomic E-state index is 8.98. The maximum absolute atomic E-state index is 8.98. The summed E-state index contributed by atoms with van der Waals surface area (Å²) in [5.74, 6) is 0. The Balaban J connectivity index is 1.03. The highest BCUT2D eigenvalue weighted by atomic mass is 14.7. The third kappa shape index (κ3) is 6.49. The lowest BCUT2D eigenvalue weighted by Gasteiger charge is -2.23. The van der Waals surface area contributed by atoms with Gasteiger partial charge in [0.25, 0.3) is 0 Å². The van der Waals surface area contributed by atoms with Crippen molar-refractivity contribution in [3.8, 4) is 44.5 Å². The molecule has 0 aromatic heterocycles. The zero-order valence-corrected chi connectivity index (χ0v) is 33.2. The molecule has 0 unspecified atom stereocenters. The lowest BCUT2D eigenvalue weighted by Crippen LogP contribution is -2.15. The van der Waals surface area contributed by atoms with E-state index in [1.165, 1.54) is 60.7 Å². The van der Waals surface area contributed by atoms with Crippen LogP contribution in [0.2, 0.25) is 0 Å². The second kappa shape index (κ2) is 14.8. The van der Waals surface area contributed by atoms with Crippen molar-refractivity contribution in [3.63, 3.8) is 0 Å². The lowest BCUT2D eigenvalue weighted by atomic mass is 9.80. The Hall–Kier alpha value is -7.42. The summed E-state index contributed by atoms with van der Waals surface area (Å²) >= 11 is 0. The zero-order valence-electron chi connectivity index (χ0n) is 33.2. The van der Waals surface area contributed by atoms with Crippen molar-refractivity contribution in [1.29, 1.82) is 5.41 Å². The third-order valence-electron chi connectivity index (χ3n) is 12.0. The number of hydrogen-bond acceptors (Lipinski definition) is 2. The molecule has 0 aliphatic heterocycles. The van der Waals surface area contributed by atoms with E-state index in [4.69, 9.17) is 10.4 Å². The molecule has 0 atom stereocenters. The van der Waals surface area contributed by atoms with Crippen molar-refractivity contribution in [2.45, 2.75) is 19.3 Å². The number of fused-ring (bicyclic) bond motifs is 6. The third-order valence-corrected chi connectivity index (χ3v) is 12.0. The topological polar surface area (TPSA) is 36.2 Å². The monoisotopic (exact) mass is 754 g/mol. The Labute approximate surface area is 346 Å². The van der Waals surface area contributed by atoms with Crippen LogP contribution in [-0.2, 0) is 5.41 Å². The first kappa shape index (κ1) is 36.0. The summed E-state index contributed by atoms with van der Waals surface area (Å²) in [7, 11) is 0. The van der Waals surface area contributed by atoms with Crippen LogP contribution >= 0.6 is 0 Å². The first-order chi connectivity index (χ1) is 28.9. The molecule has 9 aromatic carbocycles. The van der Waals surface area contributed by atoms with Gasteiger partial charge >= 0.3 is 0 Å². The number of nitrogens with one attached hydrogen (secondary N) is 1. The van der Waals surface area contributed by atoms with E-state index >= 15 is 0 Å². The van der Waals surface area contributed by atoms with Crippen LogP contribution in [0.4, 0.5) is 0 Å². The van der Waals surface area contributed by atoms with E-state index in [9.17, 15) is 0 Å². The molecule has 2 nitrogen and oxygen atoms in total. The summed E-state index contributed by atoms with van der Waals surface area (Å²) in [6.07, 6.45) is 3.82. The summed E-state index contributed by atoms with van der Waals surface area (Å²) in [5.41, 5.74) is 16.4. The van der Waals surface area contributed by atoms with E-state index in [0.717, 1.165) is 38.9 Å². The second-order valence-corrected chi connectivity index (χ2v) is 15.9. The van der Waals surface area contributed by atoms with Crippen molar-refractivity contribution >= 4 is 39.2 Å². The summed E-state index contributed by atoms with van der Waals surface area (Å²) in [4.78, 5) is 5.12. The molecule has 1 N–H and O–H groups in total. The van der Waals surface area contributed by atoms with Gasteiger partial charge < -0.3 is 5.41 Å². The molecule has 0 saturated heterocycles. The molecule has 0 radical (unpaired) electrons.